The summed E-state index contributed by atoms with van der Waals surface area (Å²) in [5.41, 5.74) is 0.620. The van der Waals surface area contributed by atoms with Gasteiger partial charge in [0.05, 0.1) is 5.56 Å². The lowest BCUT2D eigenvalue weighted by Crippen LogP contribution is -2.18. The average molecular weight is 178 g/mol. The topological polar surface area (TPSA) is 26.3 Å². The molecule has 0 saturated heterocycles. The van der Waals surface area contributed by atoms with Gasteiger partial charge in [0.15, 0.2) is 5.78 Å². The Hall–Kier alpha value is -1.64. The predicted octanol–water partition coefficient (Wildman–Crippen LogP) is 1.96. The molecule has 0 aliphatic carbocycles. The third kappa shape index (κ3) is 1.22. The van der Waals surface area contributed by atoms with Gasteiger partial charge < -0.3 is 4.74 Å². The molecule has 1 aromatic carbocycles. The molecule has 2 rings (SSSR count). The van der Waals surface area contributed by atoms with Gasteiger partial charge in [-0.05, 0) is 18.2 Å². The Morgan fingerprint density at radius 2 is 2.23 bits per heavy atom. The molecule has 0 radical (unpaired) electrons. The third-order valence-electron chi connectivity index (χ3n) is 1.91. The molecule has 0 bridgehead atoms. The maximum absolute atomic E-state index is 12.8. The first-order valence-electron chi connectivity index (χ1n) is 3.83. The van der Waals surface area contributed by atoms with Crippen molar-refractivity contribution >= 4 is 5.78 Å². The highest BCUT2D eigenvalue weighted by Crippen LogP contribution is 2.26. The van der Waals surface area contributed by atoms with Crippen LogP contribution in [0.3, 0.4) is 0 Å². The highest BCUT2D eigenvalue weighted by Gasteiger charge is 2.21. The van der Waals surface area contributed by atoms with Gasteiger partial charge in [0, 0.05) is 5.57 Å². The van der Waals surface area contributed by atoms with Crippen molar-refractivity contribution < 1.29 is 13.9 Å². The summed E-state index contributed by atoms with van der Waals surface area (Å²) in [4.78, 5) is 11.4. The molecule has 0 atom stereocenters. The van der Waals surface area contributed by atoms with Crippen LogP contribution in [0, 0.1) is 5.82 Å². The second kappa shape index (κ2) is 2.69. The van der Waals surface area contributed by atoms with Gasteiger partial charge in [-0.15, -0.1) is 0 Å². The maximum atomic E-state index is 12.8. The van der Waals surface area contributed by atoms with Gasteiger partial charge in [-0.3, -0.25) is 4.79 Å². The summed E-state index contributed by atoms with van der Waals surface area (Å²) in [5.74, 6) is -0.245. The SMILES string of the molecule is C=C1COc2ccc(F)cc2C1=O. The fourth-order valence-electron chi connectivity index (χ4n) is 1.23. The van der Waals surface area contributed by atoms with Crippen LogP contribution >= 0.6 is 0 Å². The minimum atomic E-state index is -0.439. The molecule has 0 unspecified atom stereocenters. The van der Waals surface area contributed by atoms with E-state index in [4.69, 9.17) is 4.74 Å². The van der Waals surface area contributed by atoms with E-state index in [1.54, 1.807) is 0 Å². The van der Waals surface area contributed by atoms with Gasteiger partial charge in [-0.2, -0.15) is 0 Å². The van der Waals surface area contributed by atoms with E-state index in [-0.39, 0.29) is 18.0 Å². The van der Waals surface area contributed by atoms with E-state index in [2.05, 4.69) is 6.58 Å². The second-order valence-electron chi connectivity index (χ2n) is 2.86. The zero-order valence-electron chi connectivity index (χ0n) is 6.84. The van der Waals surface area contributed by atoms with Gasteiger partial charge in [0.25, 0.3) is 0 Å². The highest BCUT2D eigenvalue weighted by atomic mass is 19.1. The number of benzene rings is 1. The van der Waals surface area contributed by atoms with Gasteiger partial charge in [-0.25, -0.2) is 4.39 Å². The van der Waals surface area contributed by atoms with E-state index in [9.17, 15) is 9.18 Å². The summed E-state index contributed by atoms with van der Waals surface area (Å²) in [6.07, 6.45) is 0. The Labute approximate surface area is 74.6 Å². The monoisotopic (exact) mass is 178 g/mol. The fraction of sp³-hybridized carbons (Fsp3) is 0.100. The molecule has 1 aliphatic heterocycles. The summed E-state index contributed by atoms with van der Waals surface area (Å²) < 4.78 is 17.9. The molecule has 2 nitrogen and oxygen atoms in total. The summed E-state index contributed by atoms with van der Waals surface area (Å²) >= 11 is 0. The normalized spacial score (nSPS) is 15.2. The van der Waals surface area contributed by atoms with Crippen LogP contribution in [0.4, 0.5) is 4.39 Å². The van der Waals surface area contributed by atoms with E-state index in [0.29, 0.717) is 11.3 Å². The standard InChI is InChI=1S/C10H7FO2/c1-6-5-13-9-3-2-7(11)4-8(9)10(6)12/h2-4H,1,5H2. The van der Waals surface area contributed by atoms with Crippen molar-refractivity contribution in [1.82, 2.24) is 0 Å². The summed E-state index contributed by atoms with van der Waals surface area (Å²) in [6, 6.07) is 3.89. The molecule has 1 heterocycles. The fourth-order valence-corrected chi connectivity index (χ4v) is 1.23. The maximum Gasteiger partial charge on any atom is 0.195 e. The van der Waals surface area contributed by atoms with Crippen molar-refractivity contribution in [2.24, 2.45) is 0 Å². The van der Waals surface area contributed by atoms with Crippen LogP contribution in [-0.2, 0) is 0 Å². The van der Waals surface area contributed by atoms with Gasteiger partial charge in [-0.1, -0.05) is 6.58 Å². The smallest absolute Gasteiger partial charge is 0.195 e. The lowest BCUT2D eigenvalue weighted by molar-refractivity contribution is 0.0999. The van der Waals surface area contributed by atoms with Crippen LogP contribution < -0.4 is 4.74 Å². The average Bonchev–Trinajstić information content (AvgIpc) is 2.12. The number of Topliss-reactive ketones (excluding diaryl/α,β-unsaturated/α-hetero) is 1. The van der Waals surface area contributed by atoms with Crippen molar-refractivity contribution in [3.05, 3.63) is 41.7 Å². The van der Waals surface area contributed by atoms with E-state index in [0.717, 1.165) is 0 Å². The van der Waals surface area contributed by atoms with Crippen LogP contribution in [0.5, 0.6) is 5.75 Å². The molecule has 0 aromatic heterocycles. The minimum Gasteiger partial charge on any atom is -0.488 e. The highest BCUT2D eigenvalue weighted by molar-refractivity contribution is 6.11. The van der Waals surface area contributed by atoms with Crippen LogP contribution in [0.1, 0.15) is 10.4 Å². The lowest BCUT2D eigenvalue weighted by atomic mass is 10.0. The molecule has 0 saturated carbocycles. The molecule has 1 aromatic rings. The van der Waals surface area contributed by atoms with Crippen molar-refractivity contribution in [3.8, 4) is 5.75 Å². The van der Waals surface area contributed by atoms with Gasteiger partial charge in [0.1, 0.15) is 18.2 Å². The number of fused-ring (bicyclic) bond motifs is 1. The molecule has 66 valence electrons. The van der Waals surface area contributed by atoms with Crippen molar-refractivity contribution in [2.45, 2.75) is 0 Å². The first kappa shape index (κ1) is 7.98. The van der Waals surface area contributed by atoms with Gasteiger partial charge >= 0.3 is 0 Å². The first-order valence-corrected chi connectivity index (χ1v) is 3.83. The summed E-state index contributed by atoms with van der Waals surface area (Å²) in [6.45, 7) is 3.72. The zero-order valence-corrected chi connectivity index (χ0v) is 6.84. The van der Waals surface area contributed by atoms with Gasteiger partial charge in [0.2, 0.25) is 0 Å². The lowest BCUT2D eigenvalue weighted by Gasteiger charge is -2.17. The number of halogens is 1. The van der Waals surface area contributed by atoms with Crippen molar-refractivity contribution in [1.29, 1.82) is 0 Å². The molecule has 0 N–H and O–H groups in total. The number of ketones is 1. The number of carbonyl (C=O) groups is 1. The van der Waals surface area contributed by atoms with E-state index in [1.807, 2.05) is 0 Å². The van der Waals surface area contributed by atoms with Crippen molar-refractivity contribution in [3.63, 3.8) is 0 Å². The molecule has 1 aliphatic rings. The molecule has 0 fully saturated rings. The molecular weight excluding hydrogens is 171 g/mol. The number of hydrogen-bond donors (Lipinski definition) is 0. The Bertz CT molecular complexity index is 396. The molecule has 3 heteroatoms. The third-order valence-corrected chi connectivity index (χ3v) is 1.91. The van der Waals surface area contributed by atoms with Crippen LogP contribution in [0.25, 0.3) is 0 Å². The summed E-state index contributed by atoms with van der Waals surface area (Å²) in [7, 11) is 0. The zero-order chi connectivity index (χ0) is 9.42. The number of ether oxygens (including phenoxy) is 1. The minimum absolute atomic E-state index is 0.192. The number of carbonyl (C=O) groups excluding carboxylic acids is 1. The van der Waals surface area contributed by atoms with Crippen LogP contribution in [0.15, 0.2) is 30.4 Å². The Balaban J connectivity index is 2.58. The largest absolute Gasteiger partial charge is 0.488 e. The quantitative estimate of drug-likeness (QED) is 0.567. The molecular formula is C10H7FO2. The van der Waals surface area contributed by atoms with E-state index in [1.165, 1.54) is 18.2 Å². The molecule has 0 amide bonds. The Morgan fingerprint density at radius 3 is 3.00 bits per heavy atom. The Kier molecular flexibility index (Phi) is 1.65. The van der Waals surface area contributed by atoms with Crippen molar-refractivity contribution in [2.75, 3.05) is 6.61 Å². The van der Waals surface area contributed by atoms with E-state index >= 15 is 0 Å². The van der Waals surface area contributed by atoms with Crippen LogP contribution in [-0.4, -0.2) is 12.4 Å². The number of hydrogen-bond acceptors (Lipinski definition) is 2. The Morgan fingerprint density at radius 1 is 1.46 bits per heavy atom. The number of rotatable bonds is 0. The van der Waals surface area contributed by atoms with Crippen LogP contribution in [0.2, 0.25) is 0 Å². The molecule has 0 spiro atoms. The molecule has 13 heavy (non-hydrogen) atoms. The van der Waals surface area contributed by atoms with E-state index < -0.39 is 5.82 Å². The predicted molar refractivity (Wildman–Crippen MR) is 45.4 cm³/mol. The first-order chi connectivity index (χ1) is 6.18. The summed E-state index contributed by atoms with van der Waals surface area (Å²) in [5, 5.41) is 0. The second-order valence-corrected chi connectivity index (χ2v) is 2.86.